The standard InChI is InChI=1S/C23H34N3P/c1-25(2)21-15-9-10-16-22(21)26-18-17-24-23(26)27(19-11-5-3-6-12-19)20-13-7-4-8-14-20/h9-10,15-20H,3-8,11-14H2,1-2H3. The molecular weight excluding hydrogens is 349 g/mol. The lowest BCUT2D eigenvalue weighted by Crippen LogP contribution is -2.31. The van der Waals surface area contributed by atoms with Gasteiger partial charge in [0.2, 0.25) is 0 Å². The van der Waals surface area contributed by atoms with Gasteiger partial charge in [-0.2, -0.15) is 0 Å². The molecule has 2 saturated carbocycles. The Morgan fingerprint density at radius 1 is 0.889 bits per heavy atom. The number of imidazole rings is 1. The Hall–Kier alpha value is -1.34. The van der Waals surface area contributed by atoms with Crippen LogP contribution in [0.2, 0.25) is 0 Å². The molecule has 1 aromatic carbocycles. The Kier molecular flexibility index (Phi) is 6.18. The fourth-order valence-electron chi connectivity index (χ4n) is 5.06. The van der Waals surface area contributed by atoms with Gasteiger partial charge in [0.05, 0.1) is 11.4 Å². The first kappa shape index (κ1) is 19.0. The van der Waals surface area contributed by atoms with Crippen LogP contribution in [0.5, 0.6) is 0 Å². The zero-order valence-electron chi connectivity index (χ0n) is 17.0. The molecular formula is C23H34N3P. The molecule has 0 saturated heterocycles. The first-order valence-corrected chi connectivity index (χ1v) is 12.3. The van der Waals surface area contributed by atoms with E-state index in [1.165, 1.54) is 81.1 Å². The summed E-state index contributed by atoms with van der Waals surface area (Å²) >= 11 is 0. The molecule has 4 heteroatoms. The van der Waals surface area contributed by atoms with Gasteiger partial charge in [-0.1, -0.05) is 50.7 Å². The van der Waals surface area contributed by atoms with Crippen LogP contribution in [0.4, 0.5) is 5.69 Å². The van der Waals surface area contributed by atoms with E-state index in [0.717, 1.165) is 11.3 Å². The zero-order chi connectivity index (χ0) is 18.6. The van der Waals surface area contributed by atoms with E-state index in [9.17, 15) is 0 Å². The van der Waals surface area contributed by atoms with E-state index < -0.39 is 0 Å². The lowest BCUT2D eigenvalue weighted by Gasteiger charge is -2.38. The van der Waals surface area contributed by atoms with Crippen molar-refractivity contribution in [3.05, 3.63) is 36.7 Å². The predicted molar refractivity (Wildman–Crippen MR) is 118 cm³/mol. The van der Waals surface area contributed by atoms with Crippen LogP contribution >= 0.6 is 7.92 Å². The second-order valence-corrected chi connectivity index (χ2v) is 11.1. The number of nitrogens with zero attached hydrogens (tertiary/aromatic N) is 3. The van der Waals surface area contributed by atoms with E-state index in [0.29, 0.717) is 0 Å². The van der Waals surface area contributed by atoms with Crippen molar-refractivity contribution >= 4 is 19.2 Å². The molecule has 0 bridgehead atoms. The maximum Gasteiger partial charge on any atom is 0.136 e. The van der Waals surface area contributed by atoms with Gasteiger partial charge in [-0.25, -0.2) is 4.98 Å². The van der Waals surface area contributed by atoms with Crippen LogP contribution in [-0.2, 0) is 0 Å². The molecule has 2 aliphatic carbocycles. The Bertz CT molecular complexity index is 709. The average molecular weight is 384 g/mol. The highest BCUT2D eigenvalue weighted by Gasteiger charge is 2.35. The van der Waals surface area contributed by atoms with Gasteiger partial charge in [0, 0.05) is 26.5 Å². The van der Waals surface area contributed by atoms with Crippen molar-refractivity contribution in [2.24, 2.45) is 0 Å². The third-order valence-electron chi connectivity index (χ3n) is 6.41. The molecule has 0 aliphatic heterocycles. The summed E-state index contributed by atoms with van der Waals surface area (Å²) in [6.07, 6.45) is 18.5. The first-order chi connectivity index (χ1) is 13.3. The van der Waals surface area contributed by atoms with Crippen LogP contribution in [0.1, 0.15) is 64.2 Å². The van der Waals surface area contributed by atoms with Gasteiger partial charge in [0.15, 0.2) is 0 Å². The van der Waals surface area contributed by atoms with Gasteiger partial charge in [0.25, 0.3) is 0 Å². The van der Waals surface area contributed by atoms with Crippen LogP contribution in [0, 0.1) is 0 Å². The van der Waals surface area contributed by atoms with Crippen molar-refractivity contribution in [2.45, 2.75) is 75.5 Å². The molecule has 2 aromatic rings. The number of anilines is 1. The van der Waals surface area contributed by atoms with Gasteiger partial charge in [-0.15, -0.1) is 0 Å². The summed E-state index contributed by atoms with van der Waals surface area (Å²) in [6, 6.07) is 8.79. The second-order valence-electron chi connectivity index (χ2n) is 8.47. The van der Waals surface area contributed by atoms with Crippen molar-refractivity contribution in [2.75, 3.05) is 19.0 Å². The maximum atomic E-state index is 5.02. The molecule has 1 aromatic heterocycles. The second kappa shape index (κ2) is 8.78. The lowest BCUT2D eigenvalue weighted by atomic mass is 9.99. The molecule has 4 rings (SSSR count). The number of rotatable bonds is 5. The van der Waals surface area contributed by atoms with Crippen LogP contribution in [0.25, 0.3) is 5.69 Å². The maximum absolute atomic E-state index is 5.02. The van der Waals surface area contributed by atoms with Crippen LogP contribution in [-0.4, -0.2) is 35.0 Å². The minimum absolute atomic E-state index is 0.198. The summed E-state index contributed by atoms with van der Waals surface area (Å²) in [5, 5.41) is 0. The van der Waals surface area contributed by atoms with Gasteiger partial charge in [-0.05, 0) is 57.1 Å². The fraction of sp³-hybridized carbons (Fsp3) is 0.609. The van der Waals surface area contributed by atoms with E-state index in [1.54, 1.807) is 0 Å². The minimum atomic E-state index is -0.198. The first-order valence-electron chi connectivity index (χ1n) is 10.8. The molecule has 27 heavy (non-hydrogen) atoms. The molecule has 0 N–H and O–H groups in total. The highest BCUT2D eigenvalue weighted by Crippen LogP contribution is 2.54. The topological polar surface area (TPSA) is 21.1 Å². The van der Waals surface area contributed by atoms with E-state index in [1.807, 2.05) is 6.20 Å². The SMILES string of the molecule is CN(C)c1ccccc1-n1ccnc1P(C1CCCCC1)C1CCCCC1. The Morgan fingerprint density at radius 2 is 1.48 bits per heavy atom. The monoisotopic (exact) mass is 383 g/mol. The number of hydrogen-bond acceptors (Lipinski definition) is 2. The number of hydrogen-bond donors (Lipinski definition) is 0. The molecule has 3 nitrogen and oxygen atoms in total. The molecule has 0 atom stereocenters. The van der Waals surface area contributed by atoms with Gasteiger partial charge in [-0.3, -0.25) is 4.57 Å². The number of benzene rings is 1. The summed E-state index contributed by atoms with van der Waals surface area (Å²) in [4.78, 5) is 7.24. The van der Waals surface area contributed by atoms with Crippen molar-refractivity contribution < 1.29 is 0 Å². The summed E-state index contributed by atoms with van der Waals surface area (Å²) in [7, 11) is 4.08. The average Bonchev–Trinajstić information content (AvgIpc) is 3.19. The van der Waals surface area contributed by atoms with E-state index >= 15 is 0 Å². The van der Waals surface area contributed by atoms with E-state index in [2.05, 4.69) is 54.0 Å². The van der Waals surface area contributed by atoms with Gasteiger partial charge >= 0.3 is 0 Å². The summed E-state index contributed by atoms with van der Waals surface area (Å²) in [5.74, 6) is 0. The normalized spacial score (nSPS) is 19.5. The zero-order valence-corrected chi connectivity index (χ0v) is 17.9. The van der Waals surface area contributed by atoms with Crippen molar-refractivity contribution in [1.82, 2.24) is 9.55 Å². The molecule has 0 amide bonds. The molecule has 0 unspecified atom stereocenters. The molecule has 2 aliphatic rings. The van der Waals surface area contributed by atoms with Gasteiger partial charge < -0.3 is 4.90 Å². The number of aromatic nitrogens is 2. The third-order valence-corrected chi connectivity index (χ3v) is 9.81. The summed E-state index contributed by atoms with van der Waals surface area (Å²) < 4.78 is 2.43. The quantitative estimate of drug-likeness (QED) is 0.617. The molecule has 0 radical (unpaired) electrons. The molecule has 0 spiro atoms. The molecule has 1 heterocycles. The minimum Gasteiger partial charge on any atom is -0.376 e. The van der Waals surface area contributed by atoms with Gasteiger partial charge in [0.1, 0.15) is 5.57 Å². The van der Waals surface area contributed by atoms with Crippen LogP contribution < -0.4 is 10.5 Å². The lowest BCUT2D eigenvalue weighted by molar-refractivity contribution is 0.486. The Balaban J connectivity index is 1.74. The Labute approximate surface area is 165 Å². The molecule has 2 fully saturated rings. The van der Waals surface area contributed by atoms with Crippen LogP contribution in [0.15, 0.2) is 36.7 Å². The van der Waals surface area contributed by atoms with Crippen molar-refractivity contribution in [3.8, 4) is 5.69 Å². The van der Waals surface area contributed by atoms with Crippen molar-refractivity contribution in [1.29, 1.82) is 0 Å². The predicted octanol–water partition coefficient (Wildman–Crippen LogP) is 5.71. The largest absolute Gasteiger partial charge is 0.376 e. The van der Waals surface area contributed by atoms with Crippen molar-refractivity contribution in [3.63, 3.8) is 0 Å². The van der Waals surface area contributed by atoms with E-state index in [4.69, 9.17) is 4.98 Å². The third kappa shape index (κ3) is 4.09. The summed E-state index contributed by atoms with van der Waals surface area (Å²) in [6.45, 7) is 0. The number of para-hydroxylation sites is 2. The fourth-order valence-corrected chi connectivity index (χ4v) is 8.78. The highest BCUT2D eigenvalue weighted by molar-refractivity contribution is 7.66. The smallest absolute Gasteiger partial charge is 0.136 e. The summed E-state index contributed by atoms with van der Waals surface area (Å²) in [5.41, 5.74) is 5.71. The highest BCUT2D eigenvalue weighted by atomic mass is 31.1. The Morgan fingerprint density at radius 3 is 2.07 bits per heavy atom. The van der Waals surface area contributed by atoms with E-state index in [-0.39, 0.29) is 7.92 Å². The molecule has 146 valence electrons. The van der Waals surface area contributed by atoms with Crippen LogP contribution in [0.3, 0.4) is 0 Å².